The van der Waals surface area contributed by atoms with Gasteiger partial charge in [-0.05, 0) is 38.5 Å². The maximum atomic E-state index is 4.48. The van der Waals surface area contributed by atoms with E-state index in [9.17, 15) is 0 Å². The summed E-state index contributed by atoms with van der Waals surface area (Å²) in [4.78, 5) is 11.1. The fourth-order valence-electron chi connectivity index (χ4n) is 2.66. The Morgan fingerprint density at radius 3 is 2.68 bits per heavy atom. The summed E-state index contributed by atoms with van der Waals surface area (Å²) in [5, 5.41) is 9.98. The maximum absolute atomic E-state index is 4.48. The Balaban J connectivity index is 1.74. The Bertz CT molecular complexity index is 680. The van der Waals surface area contributed by atoms with Crippen molar-refractivity contribution in [3.8, 4) is 0 Å². The standard InChI is InChI=1S/C19H29N5S/c1-5-24(18-8-6-7-15(2)13-18)12-11-22-19(20-4)21-10-9-17-14-25-16(3)23-17/h6-8,13-14H,5,9-12H2,1-4H3,(H2,20,21,22). The normalized spacial score (nSPS) is 11.4. The molecule has 1 aromatic carbocycles. The molecule has 0 saturated heterocycles. The smallest absolute Gasteiger partial charge is 0.191 e. The van der Waals surface area contributed by atoms with Crippen LogP contribution in [-0.4, -0.2) is 44.2 Å². The zero-order chi connectivity index (χ0) is 18.1. The number of nitrogens with one attached hydrogen (secondary N) is 2. The number of nitrogens with zero attached hydrogens (tertiary/aromatic N) is 3. The topological polar surface area (TPSA) is 52.5 Å². The summed E-state index contributed by atoms with van der Waals surface area (Å²) in [5.74, 6) is 0.840. The third-order valence-electron chi connectivity index (χ3n) is 3.99. The number of likely N-dealkylation sites (N-methyl/N-ethyl adjacent to an activating group) is 1. The van der Waals surface area contributed by atoms with E-state index in [1.807, 2.05) is 6.92 Å². The molecule has 5 nitrogen and oxygen atoms in total. The molecule has 0 amide bonds. The van der Waals surface area contributed by atoms with Crippen LogP contribution in [0.1, 0.15) is 23.2 Å². The summed E-state index contributed by atoms with van der Waals surface area (Å²) < 4.78 is 0. The molecule has 2 aromatic rings. The molecule has 1 heterocycles. The van der Waals surface area contributed by atoms with Crippen molar-refractivity contribution in [1.29, 1.82) is 0 Å². The highest BCUT2D eigenvalue weighted by molar-refractivity contribution is 7.09. The fourth-order valence-corrected chi connectivity index (χ4v) is 3.30. The van der Waals surface area contributed by atoms with Gasteiger partial charge in [0.25, 0.3) is 0 Å². The molecule has 0 unspecified atom stereocenters. The molecule has 0 aliphatic rings. The second-order valence-electron chi connectivity index (χ2n) is 5.95. The highest BCUT2D eigenvalue weighted by atomic mass is 32.1. The zero-order valence-electron chi connectivity index (χ0n) is 15.7. The summed E-state index contributed by atoms with van der Waals surface area (Å²) in [6, 6.07) is 8.64. The lowest BCUT2D eigenvalue weighted by molar-refractivity contribution is 0.744. The highest BCUT2D eigenvalue weighted by Crippen LogP contribution is 2.14. The summed E-state index contributed by atoms with van der Waals surface area (Å²) in [7, 11) is 1.81. The summed E-state index contributed by atoms with van der Waals surface area (Å²) >= 11 is 1.70. The van der Waals surface area contributed by atoms with Gasteiger partial charge in [-0.2, -0.15) is 0 Å². The van der Waals surface area contributed by atoms with E-state index in [1.54, 1.807) is 18.4 Å². The van der Waals surface area contributed by atoms with Crippen LogP contribution in [0.4, 0.5) is 5.69 Å². The van der Waals surface area contributed by atoms with Crippen molar-refractivity contribution in [2.75, 3.05) is 38.1 Å². The summed E-state index contributed by atoms with van der Waals surface area (Å²) in [6.45, 7) is 9.95. The summed E-state index contributed by atoms with van der Waals surface area (Å²) in [6.07, 6.45) is 0.912. The molecule has 0 radical (unpaired) electrons. The number of aliphatic imine (C=N–C) groups is 1. The first-order chi connectivity index (χ1) is 12.1. The second kappa shape index (κ2) is 10.0. The van der Waals surface area contributed by atoms with E-state index in [0.29, 0.717) is 0 Å². The number of aromatic nitrogens is 1. The van der Waals surface area contributed by atoms with Crippen molar-refractivity contribution in [3.05, 3.63) is 45.9 Å². The lowest BCUT2D eigenvalue weighted by Gasteiger charge is -2.24. The third-order valence-corrected chi connectivity index (χ3v) is 4.81. The minimum atomic E-state index is 0.832. The number of anilines is 1. The van der Waals surface area contributed by atoms with Crippen LogP contribution in [-0.2, 0) is 6.42 Å². The van der Waals surface area contributed by atoms with E-state index in [4.69, 9.17) is 0 Å². The van der Waals surface area contributed by atoms with Gasteiger partial charge in [-0.25, -0.2) is 4.98 Å². The molecule has 0 fully saturated rings. The van der Waals surface area contributed by atoms with E-state index in [1.165, 1.54) is 11.3 Å². The van der Waals surface area contributed by atoms with E-state index in [2.05, 4.69) is 69.0 Å². The van der Waals surface area contributed by atoms with Crippen molar-refractivity contribution < 1.29 is 0 Å². The van der Waals surface area contributed by atoms with Crippen molar-refractivity contribution in [2.24, 2.45) is 4.99 Å². The quantitative estimate of drug-likeness (QED) is 0.562. The number of hydrogen-bond acceptors (Lipinski definition) is 4. The van der Waals surface area contributed by atoms with E-state index in [0.717, 1.165) is 49.3 Å². The molecule has 2 rings (SSSR count). The SMILES string of the molecule is CCN(CCNC(=NC)NCCc1csc(C)n1)c1cccc(C)c1. The Kier molecular flexibility index (Phi) is 7.73. The van der Waals surface area contributed by atoms with Gasteiger partial charge in [0.1, 0.15) is 0 Å². The molecule has 0 aliphatic heterocycles. The number of thiazole rings is 1. The van der Waals surface area contributed by atoms with Crippen molar-refractivity contribution >= 4 is 23.0 Å². The van der Waals surface area contributed by atoms with Gasteiger partial charge >= 0.3 is 0 Å². The average Bonchev–Trinajstić information content (AvgIpc) is 3.02. The van der Waals surface area contributed by atoms with Gasteiger partial charge in [-0.3, -0.25) is 4.99 Å². The van der Waals surface area contributed by atoms with Crippen molar-refractivity contribution in [1.82, 2.24) is 15.6 Å². The minimum Gasteiger partial charge on any atom is -0.370 e. The molecule has 0 aliphatic carbocycles. The predicted molar refractivity (Wildman–Crippen MR) is 109 cm³/mol. The van der Waals surface area contributed by atoms with Crippen LogP contribution >= 0.6 is 11.3 Å². The first-order valence-corrected chi connectivity index (χ1v) is 9.67. The number of rotatable bonds is 8. The molecule has 136 valence electrons. The largest absolute Gasteiger partial charge is 0.370 e. The molecule has 25 heavy (non-hydrogen) atoms. The van der Waals surface area contributed by atoms with E-state index >= 15 is 0 Å². The molecular formula is C19H29N5S. The van der Waals surface area contributed by atoms with Gasteiger partial charge in [0.2, 0.25) is 0 Å². The molecule has 0 spiro atoms. The molecule has 0 saturated carbocycles. The lowest BCUT2D eigenvalue weighted by atomic mass is 10.2. The zero-order valence-corrected chi connectivity index (χ0v) is 16.5. The van der Waals surface area contributed by atoms with Crippen LogP contribution in [0.5, 0.6) is 0 Å². The van der Waals surface area contributed by atoms with Crippen molar-refractivity contribution in [2.45, 2.75) is 27.2 Å². The number of aryl methyl sites for hydroxylation is 2. The van der Waals surface area contributed by atoms with Gasteiger partial charge in [-0.15, -0.1) is 11.3 Å². The Morgan fingerprint density at radius 2 is 2.04 bits per heavy atom. The van der Waals surface area contributed by atoms with Crippen molar-refractivity contribution in [3.63, 3.8) is 0 Å². The van der Waals surface area contributed by atoms with Crippen LogP contribution in [0.2, 0.25) is 0 Å². The molecule has 2 N–H and O–H groups in total. The Labute approximate surface area is 155 Å². The first kappa shape index (κ1) is 19.2. The van der Waals surface area contributed by atoms with Gasteiger partial charge in [0.05, 0.1) is 10.7 Å². The average molecular weight is 360 g/mol. The van der Waals surface area contributed by atoms with E-state index < -0.39 is 0 Å². The van der Waals surface area contributed by atoms with Crippen LogP contribution in [0.3, 0.4) is 0 Å². The van der Waals surface area contributed by atoms with Crippen LogP contribution in [0.15, 0.2) is 34.6 Å². The van der Waals surface area contributed by atoms with Gasteiger partial charge < -0.3 is 15.5 Å². The number of guanidine groups is 1. The lowest BCUT2D eigenvalue weighted by Crippen LogP contribution is -2.42. The molecule has 0 atom stereocenters. The fraction of sp³-hybridized carbons (Fsp3) is 0.474. The van der Waals surface area contributed by atoms with Crippen LogP contribution < -0.4 is 15.5 Å². The van der Waals surface area contributed by atoms with Gasteiger partial charge in [-0.1, -0.05) is 12.1 Å². The van der Waals surface area contributed by atoms with E-state index in [-0.39, 0.29) is 0 Å². The molecule has 6 heteroatoms. The predicted octanol–water partition coefficient (Wildman–Crippen LogP) is 2.99. The third kappa shape index (κ3) is 6.38. The van der Waals surface area contributed by atoms with Crippen LogP contribution in [0, 0.1) is 13.8 Å². The monoisotopic (exact) mass is 359 g/mol. The number of benzene rings is 1. The van der Waals surface area contributed by atoms with Crippen LogP contribution in [0.25, 0.3) is 0 Å². The molecule has 0 bridgehead atoms. The Morgan fingerprint density at radius 1 is 1.24 bits per heavy atom. The second-order valence-corrected chi connectivity index (χ2v) is 7.01. The minimum absolute atomic E-state index is 0.832. The van der Waals surface area contributed by atoms with Gasteiger partial charge in [0, 0.05) is 50.7 Å². The molecular weight excluding hydrogens is 330 g/mol. The van der Waals surface area contributed by atoms with Gasteiger partial charge in [0.15, 0.2) is 5.96 Å². The first-order valence-electron chi connectivity index (χ1n) is 8.79. The summed E-state index contributed by atoms with van der Waals surface area (Å²) in [5.41, 5.74) is 3.70. The Hall–Kier alpha value is -2.08. The number of hydrogen-bond donors (Lipinski definition) is 2. The maximum Gasteiger partial charge on any atom is 0.191 e. The highest BCUT2D eigenvalue weighted by Gasteiger charge is 2.05. The molecule has 1 aromatic heterocycles.